The van der Waals surface area contributed by atoms with Crippen molar-refractivity contribution >= 4 is 5.91 Å². The predicted octanol–water partition coefficient (Wildman–Crippen LogP) is 4.78. The number of pyridine rings is 1. The number of aromatic amines is 1. The van der Waals surface area contributed by atoms with Gasteiger partial charge in [0.25, 0.3) is 11.5 Å². The predicted molar refractivity (Wildman–Crippen MR) is 127 cm³/mol. The Morgan fingerprint density at radius 2 is 1.91 bits per heavy atom. The van der Waals surface area contributed by atoms with Crippen LogP contribution in [0.4, 0.5) is 0 Å². The lowest BCUT2D eigenvalue weighted by atomic mass is 9.94. The molecule has 0 fully saturated rings. The van der Waals surface area contributed by atoms with E-state index in [1.807, 2.05) is 70.2 Å². The number of aryl methyl sites for hydroxylation is 3. The van der Waals surface area contributed by atoms with Gasteiger partial charge < -0.3 is 15.0 Å². The number of H-pyrrole nitrogens is 1. The third-order valence-electron chi connectivity index (χ3n) is 6.02. The Morgan fingerprint density at radius 3 is 2.56 bits per heavy atom. The molecule has 1 aromatic heterocycles. The third kappa shape index (κ3) is 4.11. The van der Waals surface area contributed by atoms with E-state index in [4.69, 9.17) is 4.74 Å². The van der Waals surface area contributed by atoms with Gasteiger partial charge in [0.05, 0.1) is 0 Å². The lowest BCUT2D eigenvalue weighted by molar-refractivity contribution is 0.0950. The highest BCUT2D eigenvalue weighted by Gasteiger charge is 2.34. The number of ether oxygens (including phenoxy) is 1. The van der Waals surface area contributed by atoms with E-state index in [9.17, 15) is 9.59 Å². The summed E-state index contributed by atoms with van der Waals surface area (Å²) in [6.07, 6.45) is 2.45. The van der Waals surface area contributed by atoms with Crippen molar-refractivity contribution in [3.63, 3.8) is 0 Å². The third-order valence-corrected chi connectivity index (χ3v) is 6.02. The summed E-state index contributed by atoms with van der Waals surface area (Å²) < 4.78 is 6.27. The number of hydrogen-bond acceptors (Lipinski definition) is 3. The van der Waals surface area contributed by atoms with Crippen molar-refractivity contribution in [3.05, 3.63) is 99.0 Å². The molecular weight excluding hydrogens is 400 g/mol. The summed E-state index contributed by atoms with van der Waals surface area (Å²) in [5.41, 5.74) is 6.07. The molecule has 1 aliphatic heterocycles. The van der Waals surface area contributed by atoms with Crippen molar-refractivity contribution in [2.75, 3.05) is 0 Å². The normalized spacial score (nSPS) is 16.9. The molecule has 1 amide bonds. The molecule has 2 N–H and O–H groups in total. The van der Waals surface area contributed by atoms with Gasteiger partial charge in [0.15, 0.2) is 0 Å². The first-order valence-corrected chi connectivity index (χ1v) is 10.7. The summed E-state index contributed by atoms with van der Waals surface area (Å²) in [7, 11) is 0. The minimum absolute atomic E-state index is 0.165. The van der Waals surface area contributed by atoms with Crippen LogP contribution in [0, 0.1) is 20.8 Å². The van der Waals surface area contributed by atoms with E-state index in [0.29, 0.717) is 17.5 Å². The number of carbonyl (C=O) groups excluding carboxylic acids is 1. The Hall–Kier alpha value is -3.60. The lowest BCUT2D eigenvalue weighted by Gasteiger charge is -2.19. The van der Waals surface area contributed by atoms with Gasteiger partial charge in [0.1, 0.15) is 11.4 Å². The molecule has 3 aromatic rings. The van der Waals surface area contributed by atoms with Gasteiger partial charge in [-0.2, -0.15) is 0 Å². The van der Waals surface area contributed by atoms with Crippen LogP contribution in [0.2, 0.25) is 0 Å². The number of fused-ring (bicyclic) bond motifs is 1. The molecule has 2 aromatic carbocycles. The molecule has 32 heavy (non-hydrogen) atoms. The molecule has 4 rings (SSSR count). The van der Waals surface area contributed by atoms with Crippen LogP contribution in [-0.2, 0) is 13.0 Å². The van der Waals surface area contributed by atoms with Crippen LogP contribution in [-0.4, -0.2) is 16.5 Å². The highest BCUT2D eigenvalue weighted by atomic mass is 16.5. The number of carbonyl (C=O) groups is 1. The minimum atomic E-state index is -0.511. The first-order valence-electron chi connectivity index (χ1n) is 10.7. The molecule has 0 saturated carbocycles. The van der Waals surface area contributed by atoms with E-state index in [2.05, 4.69) is 16.9 Å². The topological polar surface area (TPSA) is 71.2 Å². The van der Waals surface area contributed by atoms with Crippen molar-refractivity contribution < 1.29 is 9.53 Å². The second kappa shape index (κ2) is 8.15. The summed E-state index contributed by atoms with van der Waals surface area (Å²) in [5.74, 6) is 0.561. The van der Waals surface area contributed by atoms with Crippen LogP contribution < -0.4 is 15.6 Å². The van der Waals surface area contributed by atoms with E-state index in [0.717, 1.165) is 39.3 Å². The zero-order valence-electron chi connectivity index (χ0n) is 19.0. The summed E-state index contributed by atoms with van der Waals surface area (Å²) in [6.45, 7) is 11.8. The van der Waals surface area contributed by atoms with Crippen LogP contribution in [0.3, 0.4) is 0 Å². The van der Waals surface area contributed by atoms with Crippen LogP contribution in [0.5, 0.6) is 5.75 Å². The first kappa shape index (κ1) is 21.6. The highest BCUT2D eigenvalue weighted by Crippen LogP contribution is 2.43. The fourth-order valence-electron chi connectivity index (χ4n) is 4.15. The summed E-state index contributed by atoms with van der Waals surface area (Å²) in [4.78, 5) is 28.2. The van der Waals surface area contributed by atoms with Crippen LogP contribution >= 0.6 is 0 Å². The van der Waals surface area contributed by atoms with E-state index in [1.54, 1.807) is 6.08 Å². The number of aromatic nitrogens is 1. The van der Waals surface area contributed by atoms with Crippen molar-refractivity contribution in [2.45, 2.75) is 46.3 Å². The zero-order valence-corrected chi connectivity index (χ0v) is 19.0. The van der Waals surface area contributed by atoms with E-state index >= 15 is 0 Å². The molecule has 1 unspecified atom stereocenters. The van der Waals surface area contributed by atoms with Gasteiger partial charge in [-0.3, -0.25) is 9.59 Å². The van der Waals surface area contributed by atoms with Crippen LogP contribution in [0.15, 0.2) is 59.9 Å². The maximum atomic E-state index is 13.1. The number of benzene rings is 2. The largest absolute Gasteiger partial charge is 0.482 e. The summed E-state index contributed by atoms with van der Waals surface area (Å²) >= 11 is 0. The van der Waals surface area contributed by atoms with Crippen LogP contribution in [0.1, 0.15) is 45.2 Å². The molecule has 0 aliphatic carbocycles. The Bertz CT molecular complexity index is 1270. The van der Waals surface area contributed by atoms with E-state index in [1.165, 1.54) is 0 Å². The average Bonchev–Trinajstić information content (AvgIpc) is 3.09. The zero-order chi connectivity index (χ0) is 23.0. The van der Waals surface area contributed by atoms with Crippen molar-refractivity contribution in [2.24, 2.45) is 0 Å². The summed E-state index contributed by atoms with van der Waals surface area (Å²) in [5, 5.41) is 2.91. The quantitative estimate of drug-likeness (QED) is 0.575. The molecule has 0 radical (unpaired) electrons. The maximum Gasteiger partial charge on any atom is 0.253 e. The SMILES string of the molecule is C=CC1(C)Cc2cc(C(=O)NCc3c(C)cc(C)[nH]c3=O)cc(-c3ccc(C)cc3)c2O1. The second-order valence-electron chi connectivity index (χ2n) is 8.80. The average molecular weight is 429 g/mol. The molecular formula is C27H28N2O3. The lowest BCUT2D eigenvalue weighted by Crippen LogP contribution is -2.28. The molecule has 0 bridgehead atoms. The van der Waals surface area contributed by atoms with Gasteiger partial charge in [0, 0.05) is 35.3 Å². The molecule has 0 saturated heterocycles. The van der Waals surface area contributed by atoms with Gasteiger partial charge in [-0.15, -0.1) is 0 Å². The Morgan fingerprint density at radius 1 is 1.19 bits per heavy atom. The number of rotatable bonds is 5. The smallest absolute Gasteiger partial charge is 0.253 e. The molecule has 1 aliphatic rings. The summed E-state index contributed by atoms with van der Waals surface area (Å²) in [6, 6.07) is 13.8. The Kier molecular flexibility index (Phi) is 5.51. The van der Waals surface area contributed by atoms with Crippen LogP contribution in [0.25, 0.3) is 11.1 Å². The Balaban J connectivity index is 1.69. The molecule has 5 nitrogen and oxygen atoms in total. The fourth-order valence-corrected chi connectivity index (χ4v) is 4.15. The van der Waals surface area contributed by atoms with Crippen molar-refractivity contribution in [3.8, 4) is 16.9 Å². The van der Waals surface area contributed by atoms with E-state index < -0.39 is 5.60 Å². The number of hydrogen-bond donors (Lipinski definition) is 2. The van der Waals surface area contributed by atoms with Gasteiger partial charge in [-0.1, -0.05) is 36.4 Å². The maximum absolute atomic E-state index is 13.1. The van der Waals surface area contributed by atoms with E-state index in [-0.39, 0.29) is 18.0 Å². The van der Waals surface area contributed by atoms with Gasteiger partial charge >= 0.3 is 0 Å². The number of nitrogens with one attached hydrogen (secondary N) is 2. The molecule has 0 spiro atoms. The van der Waals surface area contributed by atoms with Gasteiger partial charge in [-0.25, -0.2) is 0 Å². The minimum Gasteiger partial charge on any atom is -0.482 e. The fraction of sp³-hybridized carbons (Fsp3) is 0.259. The first-order chi connectivity index (χ1) is 15.2. The Labute approximate surface area is 188 Å². The van der Waals surface area contributed by atoms with Gasteiger partial charge in [-0.05, 0) is 68.7 Å². The monoisotopic (exact) mass is 428 g/mol. The highest BCUT2D eigenvalue weighted by molar-refractivity contribution is 5.96. The van der Waals surface area contributed by atoms with Crippen molar-refractivity contribution in [1.29, 1.82) is 0 Å². The molecule has 1 atom stereocenters. The molecule has 164 valence electrons. The van der Waals surface area contributed by atoms with Crippen molar-refractivity contribution in [1.82, 2.24) is 10.3 Å². The second-order valence-corrected chi connectivity index (χ2v) is 8.80. The standard InChI is InChI=1S/C27H28N2O3/c1-6-27(5)14-21-12-20(13-22(24(21)32-27)19-9-7-16(2)8-10-19)25(30)28-15-23-17(3)11-18(4)29-26(23)31/h6-13H,1,14-15H2,2-5H3,(H,28,30)(H,29,31). The number of amides is 1. The molecule has 5 heteroatoms. The molecule has 2 heterocycles. The van der Waals surface area contributed by atoms with Gasteiger partial charge in [0.2, 0.25) is 0 Å².